The second-order valence-corrected chi connectivity index (χ2v) is 3.44. The first kappa shape index (κ1) is 6.58. The van der Waals surface area contributed by atoms with Crippen LogP contribution in [0.4, 0.5) is 0 Å². The molecular formula is C7H15N3. The lowest BCUT2D eigenvalue weighted by Crippen LogP contribution is -2.64. The first-order chi connectivity index (χ1) is 4.79. The topological polar surface area (TPSA) is 55.3 Å². The van der Waals surface area contributed by atoms with E-state index in [-0.39, 0.29) is 12.2 Å². The third kappa shape index (κ3) is 0.779. The van der Waals surface area contributed by atoms with Crippen LogP contribution in [0.1, 0.15) is 12.8 Å². The fraction of sp³-hybridized carbons (Fsp3) is 1.00. The Hall–Kier alpha value is -0.120. The molecule has 3 rings (SSSR count). The lowest BCUT2D eigenvalue weighted by atomic mass is 9.82. The molecule has 0 aromatic carbocycles. The molecule has 4 N–H and O–H groups in total. The minimum absolute atomic E-state index is 0.146. The Morgan fingerprint density at radius 3 is 2.00 bits per heavy atom. The molecular weight excluding hydrogens is 126 g/mol. The van der Waals surface area contributed by atoms with Crippen LogP contribution >= 0.6 is 0 Å². The third-order valence-electron chi connectivity index (χ3n) is 2.93. The quantitative estimate of drug-likeness (QED) is 0.470. The third-order valence-corrected chi connectivity index (χ3v) is 2.93. The molecule has 0 amide bonds. The van der Waals surface area contributed by atoms with Gasteiger partial charge in [-0.25, -0.2) is 0 Å². The van der Waals surface area contributed by atoms with Crippen LogP contribution in [-0.4, -0.2) is 30.2 Å². The van der Waals surface area contributed by atoms with E-state index >= 15 is 0 Å². The second kappa shape index (κ2) is 2.19. The molecule has 2 atom stereocenters. The summed E-state index contributed by atoms with van der Waals surface area (Å²) in [5.74, 6) is 0.708. The van der Waals surface area contributed by atoms with E-state index in [1.165, 1.54) is 25.9 Å². The molecule has 0 saturated carbocycles. The van der Waals surface area contributed by atoms with Gasteiger partial charge in [-0.05, 0) is 31.8 Å². The monoisotopic (exact) mass is 141 g/mol. The van der Waals surface area contributed by atoms with Gasteiger partial charge >= 0.3 is 0 Å². The minimum Gasteiger partial charge on any atom is -0.325 e. The van der Waals surface area contributed by atoms with Gasteiger partial charge in [0.1, 0.15) is 0 Å². The Kier molecular flexibility index (Phi) is 1.44. The van der Waals surface area contributed by atoms with Gasteiger partial charge in [-0.15, -0.1) is 0 Å². The molecule has 3 aliphatic heterocycles. The molecule has 0 radical (unpaired) electrons. The van der Waals surface area contributed by atoms with Gasteiger partial charge < -0.3 is 11.5 Å². The molecule has 3 fully saturated rings. The highest BCUT2D eigenvalue weighted by atomic mass is 15.3. The average molecular weight is 141 g/mol. The predicted molar refractivity (Wildman–Crippen MR) is 40.2 cm³/mol. The summed E-state index contributed by atoms with van der Waals surface area (Å²) in [5.41, 5.74) is 11.8. The molecule has 0 spiro atoms. The average Bonchev–Trinajstić information content (AvgIpc) is 2.00. The summed E-state index contributed by atoms with van der Waals surface area (Å²) in [6, 6.07) is 0.238. The molecule has 0 aromatic heterocycles. The maximum absolute atomic E-state index is 5.90. The van der Waals surface area contributed by atoms with Crippen molar-refractivity contribution in [2.75, 3.05) is 13.1 Å². The summed E-state index contributed by atoms with van der Waals surface area (Å²) < 4.78 is 0. The van der Waals surface area contributed by atoms with Crippen molar-refractivity contribution in [1.82, 2.24) is 4.90 Å². The predicted octanol–water partition coefficient (Wildman–Crippen LogP) is -0.676. The van der Waals surface area contributed by atoms with Gasteiger partial charge in [0.15, 0.2) is 0 Å². The van der Waals surface area contributed by atoms with Crippen LogP contribution in [0, 0.1) is 5.92 Å². The first-order valence-electron chi connectivity index (χ1n) is 4.04. The van der Waals surface area contributed by atoms with Crippen molar-refractivity contribution in [2.45, 2.75) is 25.0 Å². The fourth-order valence-corrected chi connectivity index (χ4v) is 2.12. The Labute approximate surface area is 61.4 Å². The van der Waals surface area contributed by atoms with Crippen LogP contribution < -0.4 is 11.5 Å². The molecule has 3 nitrogen and oxygen atoms in total. The number of piperidine rings is 3. The van der Waals surface area contributed by atoms with E-state index in [0.717, 1.165) is 0 Å². The number of hydrogen-bond acceptors (Lipinski definition) is 3. The molecule has 10 heavy (non-hydrogen) atoms. The Balaban J connectivity index is 2.13. The van der Waals surface area contributed by atoms with Gasteiger partial charge in [0.25, 0.3) is 0 Å². The Morgan fingerprint density at radius 1 is 1.10 bits per heavy atom. The van der Waals surface area contributed by atoms with E-state index < -0.39 is 0 Å². The molecule has 3 heterocycles. The molecule has 2 bridgehead atoms. The molecule has 0 aliphatic carbocycles. The highest BCUT2D eigenvalue weighted by Gasteiger charge is 2.37. The van der Waals surface area contributed by atoms with Crippen LogP contribution in [0.15, 0.2) is 0 Å². The van der Waals surface area contributed by atoms with Gasteiger partial charge in [-0.3, -0.25) is 4.90 Å². The van der Waals surface area contributed by atoms with E-state index in [1.807, 2.05) is 0 Å². The number of nitrogens with zero attached hydrogens (tertiary/aromatic N) is 1. The summed E-state index contributed by atoms with van der Waals surface area (Å²) in [7, 11) is 0. The van der Waals surface area contributed by atoms with E-state index in [9.17, 15) is 0 Å². The van der Waals surface area contributed by atoms with Crippen molar-refractivity contribution in [3.63, 3.8) is 0 Å². The van der Waals surface area contributed by atoms with Crippen molar-refractivity contribution in [3.8, 4) is 0 Å². The molecule has 3 aliphatic rings. The van der Waals surface area contributed by atoms with E-state index in [0.29, 0.717) is 5.92 Å². The van der Waals surface area contributed by atoms with Gasteiger partial charge in [0.05, 0.1) is 6.17 Å². The summed E-state index contributed by atoms with van der Waals surface area (Å²) >= 11 is 0. The van der Waals surface area contributed by atoms with Crippen molar-refractivity contribution in [3.05, 3.63) is 0 Å². The van der Waals surface area contributed by atoms with E-state index in [2.05, 4.69) is 4.90 Å². The van der Waals surface area contributed by atoms with Crippen molar-refractivity contribution < 1.29 is 0 Å². The maximum Gasteiger partial charge on any atom is 0.0730 e. The van der Waals surface area contributed by atoms with E-state index in [1.54, 1.807) is 0 Å². The number of fused-ring (bicyclic) bond motifs is 3. The minimum atomic E-state index is 0.146. The summed E-state index contributed by atoms with van der Waals surface area (Å²) in [6.45, 7) is 2.33. The molecule has 3 heteroatoms. The summed E-state index contributed by atoms with van der Waals surface area (Å²) in [4.78, 5) is 2.30. The lowest BCUT2D eigenvalue weighted by Gasteiger charge is -2.47. The van der Waals surface area contributed by atoms with Crippen molar-refractivity contribution in [1.29, 1.82) is 0 Å². The lowest BCUT2D eigenvalue weighted by molar-refractivity contribution is 0.0318. The smallest absolute Gasteiger partial charge is 0.0730 e. The zero-order valence-electron chi connectivity index (χ0n) is 6.16. The van der Waals surface area contributed by atoms with E-state index in [4.69, 9.17) is 11.5 Å². The van der Waals surface area contributed by atoms with Crippen LogP contribution in [0.25, 0.3) is 0 Å². The fourth-order valence-electron chi connectivity index (χ4n) is 2.12. The SMILES string of the molecule is NC1C2CCN(CC2)C1N. The first-order valence-corrected chi connectivity index (χ1v) is 4.04. The molecule has 2 unspecified atom stereocenters. The van der Waals surface area contributed by atoms with Gasteiger partial charge in [-0.2, -0.15) is 0 Å². The number of nitrogens with two attached hydrogens (primary N) is 2. The van der Waals surface area contributed by atoms with Crippen molar-refractivity contribution in [2.24, 2.45) is 17.4 Å². The Morgan fingerprint density at radius 2 is 1.70 bits per heavy atom. The molecule has 3 saturated heterocycles. The largest absolute Gasteiger partial charge is 0.325 e. The highest BCUT2D eigenvalue weighted by molar-refractivity contribution is 4.93. The van der Waals surface area contributed by atoms with Gasteiger partial charge in [0, 0.05) is 6.04 Å². The molecule has 58 valence electrons. The van der Waals surface area contributed by atoms with Gasteiger partial charge in [0.2, 0.25) is 0 Å². The normalized spacial score (nSPS) is 53.4. The summed E-state index contributed by atoms with van der Waals surface area (Å²) in [5, 5.41) is 0. The zero-order valence-corrected chi connectivity index (χ0v) is 6.16. The highest BCUT2D eigenvalue weighted by Crippen LogP contribution is 2.28. The van der Waals surface area contributed by atoms with Crippen LogP contribution in [0.5, 0.6) is 0 Å². The standard InChI is InChI=1S/C7H15N3/c8-6-5-1-3-10(4-2-5)7(6)9/h5-7H,1-4,8-9H2. The zero-order chi connectivity index (χ0) is 7.14. The second-order valence-electron chi connectivity index (χ2n) is 3.44. The number of rotatable bonds is 0. The Bertz CT molecular complexity index is 109. The molecule has 0 aromatic rings. The maximum atomic E-state index is 5.90. The van der Waals surface area contributed by atoms with Crippen molar-refractivity contribution >= 4 is 0 Å². The van der Waals surface area contributed by atoms with Crippen LogP contribution in [0.2, 0.25) is 0 Å². The van der Waals surface area contributed by atoms with Crippen LogP contribution in [0.3, 0.4) is 0 Å². The number of hydrogen-bond donors (Lipinski definition) is 2. The van der Waals surface area contributed by atoms with Crippen LogP contribution in [-0.2, 0) is 0 Å². The summed E-state index contributed by atoms with van der Waals surface area (Å²) in [6.07, 6.45) is 2.66. The van der Waals surface area contributed by atoms with Gasteiger partial charge in [-0.1, -0.05) is 0 Å².